The van der Waals surface area contributed by atoms with Crippen molar-refractivity contribution in [3.05, 3.63) is 49.9 Å². The summed E-state index contributed by atoms with van der Waals surface area (Å²) in [5, 5.41) is 4.69. The number of nitrogens with one attached hydrogen (secondary N) is 1. The third-order valence-corrected chi connectivity index (χ3v) is 5.00. The van der Waals surface area contributed by atoms with Gasteiger partial charge < -0.3 is 5.32 Å². The molecule has 0 amide bonds. The van der Waals surface area contributed by atoms with Crippen LogP contribution in [-0.2, 0) is 19.4 Å². The SMILES string of the molecule is CCc1nc(Cc2ccccc2Br)sc1CNC(C)C. The van der Waals surface area contributed by atoms with Gasteiger partial charge in [-0.15, -0.1) is 11.3 Å². The average molecular weight is 353 g/mol. The molecule has 0 atom stereocenters. The Bertz CT molecular complexity index is 563. The summed E-state index contributed by atoms with van der Waals surface area (Å²) in [7, 11) is 0. The molecule has 1 heterocycles. The molecule has 0 spiro atoms. The van der Waals surface area contributed by atoms with Crippen LogP contribution in [0.1, 0.15) is 41.9 Å². The lowest BCUT2D eigenvalue weighted by Crippen LogP contribution is -2.21. The van der Waals surface area contributed by atoms with E-state index in [9.17, 15) is 0 Å². The predicted octanol–water partition coefficient (Wildman–Crippen LogP) is 4.56. The second kappa shape index (κ2) is 7.34. The molecular weight excluding hydrogens is 332 g/mol. The zero-order valence-corrected chi connectivity index (χ0v) is 14.6. The Morgan fingerprint density at radius 3 is 2.70 bits per heavy atom. The van der Waals surface area contributed by atoms with Crippen LogP contribution in [0.4, 0.5) is 0 Å². The van der Waals surface area contributed by atoms with Crippen molar-refractivity contribution in [1.29, 1.82) is 0 Å². The van der Waals surface area contributed by atoms with Gasteiger partial charge in [0, 0.05) is 28.4 Å². The van der Waals surface area contributed by atoms with Gasteiger partial charge in [0.2, 0.25) is 0 Å². The second-order valence-electron chi connectivity index (χ2n) is 5.13. The molecule has 1 aromatic carbocycles. The highest BCUT2D eigenvalue weighted by Crippen LogP contribution is 2.25. The van der Waals surface area contributed by atoms with Gasteiger partial charge in [0.25, 0.3) is 0 Å². The van der Waals surface area contributed by atoms with Crippen molar-refractivity contribution in [3.63, 3.8) is 0 Å². The summed E-state index contributed by atoms with van der Waals surface area (Å²) in [6.07, 6.45) is 1.91. The van der Waals surface area contributed by atoms with Crippen LogP contribution in [0.15, 0.2) is 28.7 Å². The Kier molecular flexibility index (Phi) is 5.75. The van der Waals surface area contributed by atoms with Gasteiger partial charge in [0.1, 0.15) is 0 Å². The maximum atomic E-state index is 4.80. The molecule has 0 aliphatic carbocycles. The van der Waals surface area contributed by atoms with Crippen molar-refractivity contribution in [2.75, 3.05) is 0 Å². The maximum Gasteiger partial charge on any atom is 0.0975 e. The molecule has 2 rings (SSSR count). The number of halogens is 1. The third kappa shape index (κ3) is 4.14. The Labute approximate surface area is 133 Å². The fourth-order valence-electron chi connectivity index (χ4n) is 2.03. The third-order valence-electron chi connectivity index (χ3n) is 3.13. The Balaban J connectivity index is 2.15. The molecular formula is C16H21BrN2S. The number of hydrogen-bond donors (Lipinski definition) is 1. The number of aryl methyl sites for hydroxylation is 1. The van der Waals surface area contributed by atoms with E-state index in [1.165, 1.54) is 21.1 Å². The van der Waals surface area contributed by atoms with E-state index >= 15 is 0 Å². The van der Waals surface area contributed by atoms with Crippen molar-refractivity contribution in [2.24, 2.45) is 0 Å². The van der Waals surface area contributed by atoms with Crippen LogP contribution in [0.3, 0.4) is 0 Å². The molecule has 0 saturated heterocycles. The minimum atomic E-state index is 0.508. The average Bonchev–Trinajstić information content (AvgIpc) is 2.81. The highest BCUT2D eigenvalue weighted by molar-refractivity contribution is 9.10. The summed E-state index contributed by atoms with van der Waals surface area (Å²) in [6, 6.07) is 8.88. The van der Waals surface area contributed by atoms with Crippen molar-refractivity contribution >= 4 is 27.3 Å². The van der Waals surface area contributed by atoms with E-state index in [0.29, 0.717) is 6.04 Å². The highest BCUT2D eigenvalue weighted by atomic mass is 79.9. The molecule has 0 unspecified atom stereocenters. The van der Waals surface area contributed by atoms with E-state index in [-0.39, 0.29) is 0 Å². The molecule has 0 radical (unpaired) electrons. The van der Waals surface area contributed by atoms with Crippen molar-refractivity contribution in [3.8, 4) is 0 Å². The van der Waals surface area contributed by atoms with E-state index in [1.54, 1.807) is 0 Å². The quantitative estimate of drug-likeness (QED) is 0.824. The normalized spacial score (nSPS) is 11.2. The summed E-state index contributed by atoms with van der Waals surface area (Å²) in [5.74, 6) is 0. The minimum absolute atomic E-state index is 0.508. The molecule has 0 aliphatic rings. The summed E-state index contributed by atoms with van der Waals surface area (Å²) in [5.41, 5.74) is 2.54. The van der Waals surface area contributed by atoms with E-state index in [1.807, 2.05) is 17.4 Å². The van der Waals surface area contributed by atoms with Crippen LogP contribution >= 0.6 is 27.3 Å². The predicted molar refractivity (Wildman–Crippen MR) is 90.4 cm³/mol. The lowest BCUT2D eigenvalue weighted by molar-refractivity contribution is 0.590. The van der Waals surface area contributed by atoms with Crippen LogP contribution in [0.25, 0.3) is 0 Å². The van der Waals surface area contributed by atoms with Gasteiger partial charge in [-0.1, -0.05) is 54.9 Å². The number of benzene rings is 1. The largest absolute Gasteiger partial charge is 0.310 e. The van der Waals surface area contributed by atoms with Crippen LogP contribution in [-0.4, -0.2) is 11.0 Å². The molecule has 0 bridgehead atoms. The van der Waals surface area contributed by atoms with Gasteiger partial charge in [-0.3, -0.25) is 0 Å². The van der Waals surface area contributed by atoms with E-state index in [2.05, 4.69) is 60.2 Å². The van der Waals surface area contributed by atoms with Crippen LogP contribution in [0, 0.1) is 0 Å². The molecule has 2 aromatic rings. The monoisotopic (exact) mass is 352 g/mol. The summed E-state index contributed by atoms with van der Waals surface area (Å²) in [4.78, 5) is 6.18. The molecule has 1 N–H and O–H groups in total. The van der Waals surface area contributed by atoms with Gasteiger partial charge in [0.15, 0.2) is 0 Å². The van der Waals surface area contributed by atoms with Gasteiger partial charge in [0.05, 0.1) is 10.7 Å². The first-order valence-electron chi connectivity index (χ1n) is 7.04. The van der Waals surface area contributed by atoms with Crippen molar-refractivity contribution in [2.45, 2.75) is 46.2 Å². The number of thiazole rings is 1. The smallest absolute Gasteiger partial charge is 0.0975 e. The molecule has 108 valence electrons. The first kappa shape index (κ1) is 15.7. The van der Waals surface area contributed by atoms with Crippen molar-refractivity contribution in [1.82, 2.24) is 10.3 Å². The fraction of sp³-hybridized carbons (Fsp3) is 0.438. The molecule has 0 fully saturated rings. The lowest BCUT2D eigenvalue weighted by atomic mass is 10.2. The molecule has 0 saturated carbocycles. The zero-order valence-electron chi connectivity index (χ0n) is 12.2. The van der Waals surface area contributed by atoms with Gasteiger partial charge in [-0.2, -0.15) is 0 Å². The van der Waals surface area contributed by atoms with Gasteiger partial charge in [-0.25, -0.2) is 4.98 Å². The van der Waals surface area contributed by atoms with Crippen LogP contribution in [0.5, 0.6) is 0 Å². The summed E-state index contributed by atoms with van der Waals surface area (Å²) in [6.45, 7) is 7.45. The Hall–Kier alpha value is -0.710. The highest BCUT2D eigenvalue weighted by Gasteiger charge is 2.11. The van der Waals surface area contributed by atoms with E-state index < -0.39 is 0 Å². The molecule has 1 aromatic heterocycles. The number of rotatable bonds is 6. The summed E-state index contributed by atoms with van der Waals surface area (Å²) < 4.78 is 1.16. The minimum Gasteiger partial charge on any atom is -0.310 e. The van der Waals surface area contributed by atoms with Gasteiger partial charge in [-0.05, 0) is 18.1 Å². The molecule has 0 aliphatic heterocycles. The molecule has 20 heavy (non-hydrogen) atoms. The standard InChI is InChI=1S/C16H21BrN2S/c1-4-14-15(10-18-11(2)3)20-16(19-14)9-12-7-5-6-8-13(12)17/h5-8,11,18H,4,9-10H2,1-3H3. The fourth-order valence-corrected chi connectivity index (χ4v) is 3.58. The first-order chi connectivity index (χ1) is 9.60. The van der Waals surface area contributed by atoms with Crippen molar-refractivity contribution < 1.29 is 0 Å². The maximum absolute atomic E-state index is 4.80. The van der Waals surface area contributed by atoms with E-state index in [0.717, 1.165) is 23.9 Å². The zero-order chi connectivity index (χ0) is 14.5. The summed E-state index contributed by atoms with van der Waals surface area (Å²) >= 11 is 5.45. The Morgan fingerprint density at radius 1 is 1.30 bits per heavy atom. The topological polar surface area (TPSA) is 24.9 Å². The first-order valence-corrected chi connectivity index (χ1v) is 8.65. The van der Waals surface area contributed by atoms with Crippen LogP contribution < -0.4 is 5.32 Å². The Morgan fingerprint density at radius 2 is 2.05 bits per heavy atom. The number of aromatic nitrogens is 1. The second-order valence-corrected chi connectivity index (χ2v) is 7.16. The lowest BCUT2D eigenvalue weighted by Gasteiger charge is -2.06. The number of nitrogens with zero attached hydrogens (tertiary/aromatic N) is 1. The van der Waals surface area contributed by atoms with Crippen LogP contribution in [0.2, 0.25) is 0 Å². The van der Waals surface area contributed by atoms with E-state index in [4.69, 9.17) is 4.98 Å². The molecule has 2 nitrogen and oxygen atoms in total. The van der Waals surface area contributed by atoms with Gasteiger partial charge >= 0.3 is 0 Å². The number of hydrogen-bond acceptors (Lipinski definition) is 3. The molecule has 4 heteroatoms.